The normalized spacial score (nSPS) is 18.8. The van der Waals surface area contributed by atoms with Gasteiger partial charge >= 0.3 is 6.18 Å². The molecule has 36 heavy (non-hydrogen) atoms. The number of nitrogens with one attached hydrogen (secondary N) is 1. The minimum absolute atomic E-state index is 0.0777. The largest absolute Gasteiger partial charge is 0.485 e. The molecule has 0 saturated carbocycles. The molecule has 0 radical (unpaired) electrons. The number of nitrogens with zero attached hydrogens (tertiary/aromatic N) is 3. The summed E-state index contributed by atoms with van der Waals surface area (Å²) < 4.78 is 67.0. The number of hydrogen-bond donors (Lipinski definition) is 1. The van der Waals surface area contributed by atoms with Crippen LogP contribution in [-0.4, -0.2) is 42.2 Å². The van der Waals surface area contributed by atoms with Crippen LogP contribution >= 0.6 is 12.2 Å². The number of carbonyl (C=O) groups excluding carboxylic acids is 2. The highest BCUT2D eigenvalue weighted by Crippen LogP contribution is 2.43. The Morgan fingerprint density at radius 3 is 2.56 bits per heavy atom. The lowest BCUT2D eigenvalue weighted by Gasteiger charge is -2.31. The molecular weight excluding hydrogens is 504 g/mol. The molecule has 1 saturated heterocycles. The number of rotatable bonds is 3. The molecule has 1 atom stereocenters. The van der Waals surface area contributed by atoms with E-state index < -0.39 is 46.4 Å². The molecule has 188 valence electrons. The van der Waals surface area contributed by atoms with E-state index in [-0.39, 0.29) is 29.1 Å². The fourth-order valence-electron chi connectivity index (χ4n) is 4.04. The van der Waals surface area contributed by atoms with Crippen LogP contribution in [0.3, 0.4) is 0 Å². The zero-order valence-corrected chi connectivity index (χ0v) is 19.9. The van der Waals surface area contributed by atoms with Gasteiger partial charge in [0.2, 0.25) is 6.10 Å². The van der Waals surface area contributed by atoms with E-state index in [1.807, 2.05) is 0 Å². The van der Waals surface area contributed by atoms with Gasteiger partial charge in [-0.25, -0.2) is 4.39 Å². The molecule has 2 aliphatic rings. The SMILES string of the molecule is CNC(=O)[C@H]1COc2cc(N3C(=S)N(c4ccc(C#N)c(C(F)(F)F)c4F)C(=O)C3(C)C)ccc2O1. The molecule has 0 aromatic heterocycles. The van der Waals surface area contributed by atoms with Crippen LogP contribution in [0.5, 0.6) is 11.5 Å². The summed E-state index contributed by atoms with van der Waals surface area (Å²) in [5, 5.41) is 11.2. The Morgan fingerprint density at radius 1 is 1.25 bits per heavy atom. The maximum absolute atomic E-state index is 15.1. The number of ether oxygens (including phenoxy) is 2. The van der Waals surface area contributed by atoms with Crippen molar-refractivity contribution in [3.05, 3.63) is 47.3 Å². The summed E-state index contributed by atoms with van der Waals surface area (Å²) in [5.41, 5.74) is -4.52. The predicted molar refractivity (Wildman–Crippen MR) is 123 cm³/mol. The third kappa shape index (κ3) is 3.87. The van der Waals surface area contributed by atoms with Gasteiger partial charge < -0.3 is 19.7 Å². The molecule has 0 bridgehead atoms. The highest BCUT2D eigenvalue weighted by atomic mass is 32.1. The number of thiocarbonyl (C=S) groups is 1. The Balaban J connectivity index is 1.75. The molecule has 1 fully saturated rings. The van der Waals surface area contributed by atoms with Gasteiger partial charge in [-0.15, -0.1) is 0 Å². The van der Waals surface area contributed by atoms with Crippen molar-refractivity contribution in [2.45, 2.75) is 31.7 Å². The van der Waals surface area contributed by atoms with Gasteiger partial charge in [-0.05, 0) is 50.3 Å². The number of hydrogen-bond acceptors (Lipinski definition) is 6. The first-order valence-corrected chi connectivity index (χ1v) is 10.9. The molecule has 0 spiro atoms. The van der Waals surface area contributed by atoms with E-state index in [1.165, 1.54) is 50.1 Å². The van der Waals surface area contributed by atoms with Gasteiger partial charge in [0.25, 0.3) is 11.8 Å². The summed E-state index contributed by atoms with van der Waals surface area (Å²) in [5.74, 6) is -2.43. The van der Waals surface area contributed by atoms with Crippen LogP contribution in [0.1, 0.15) is 25.0 Å². The van der Waals surface area contributed by atoms with Gasteiger partial charge in [-0.1, -0.05) is 0 Å². The number of anilines is 2. The van der Waals surface area contributed by atoms with Gasteiger partial charge in [-0.2, -0.15) is 18.4 Å². The Kier molecular flexibility index (Phi) is 6.04. The molecular formula is C23H18F4N4O4S. The quantitative estimate of drug-likeness (QED) is 0.487. The molecule has 0 unspecified atom stereocenters. The molecule has 2 aromatic rings. The molecule has 0 aliphatic carbocycles. The van der Waals surface area contributed by atoms with Gasteiger partial charge in [0.1, 0.15) is 17.7 Å². The lowest BCUT2D eigenvalue weighted by Crippen LogP contribution is -2.44. The van der Waals surface area contributed by atoms with Crippen LogP contribution in [0.4, 0.5) is 28.9 Å². The van der Waals surface area contributed by atoms with Crippen molar-refractivity contribution in [2.75, 3.05) is 23.5 Å². The Labute approximate surface area is 208 Å². The summed E-state index contributed by atoms with van der Waals surface area (Å²) in [7, 11) is 1.46. The van der Waals surface area contributed by atoms with E-state index in [4.69, 9.17) is 27.0 Å². The topological polar surface area (TPSA) is 94.9 Å². The van der Waals surface area contributed by atoms with Gasteiger partial charge in [-0.3, -0.25) is 14.5 Å². The molecule has 1 N–H and O–H groups in total. The van der Waals surface area contributed by atoms with Crippen LogP contribution in [0, 0.1) is 17.1 Å². The van der Waals surface area contributed by atoms with E-state index in [9.17, 15) is 22.8 Å². The van der Waals surface area contributed by atoms with Crippen molar-refractivity contribution >= 4 is 40.5 Å². The van der Waals surface area contributed by atoms with Gasteiger partial charge in [0.05, 0.1) is 17.3 Å². The van der Waals surface area contributed by atoms with Crippen LogP contribution in [0.15, 0.2) is 30.3 Å². The van der Waals surface area contributed by atoms with Crippen molar-refractivity contribution in [3.8, 4) is 17.6 Å². The molecule has 4 rings (SSSR count). The number of halogens is 4. The second-order valence-corrected chi connectivity index (χ2v) is 8.78. The third-order valence-electron chi connectivity index (χ3n) is 5.82. The van der Waals surface area contributed by atoms with Crippen molar-refractivity contribution < 1.29 is 36.6 Å². The van der Waals surface area contributed by atoms with Crippen molar-refractivity contribution in [1.29, 1.82) is 5.26 Å². The third-order valence-corrected chi connectivity index (χ3v) is 6.18. The predicted octanol–water partition coefficient (Wildman–Crippen LogP) is 3.52. The van der Waals surface area contributed by atoms with Crippen LogP contribution in [0.25, 0.3) is 0 Å². The average Bonchev–Trinajstić information content (AvgIpc) is 3.00. The minimum Gasteiger partial charge on any atom is -0.485 e. The fourth-order valence-corrected chi connectivity index (χ4v) is 4.55. The maximum atomic E-state index is 15.1. The number of alkyl halides is 3. The first-order valence-electron chi connectivity index (χ1n) is 10.5. The molecule has 2 heterocycles. The Morgan fingerprint density at radius 2 is 1.94 bits per heavy atom. The summed E-state index contributed by atoms with van der Waals surface area (Å²) in [4.78, 5) is 27.2. The van der Waals surface area contributed by atoms with Crippen molar-refractivity contribution in [3.63, 3.8) is 0 Å². The zero-order chi connectivity index (χ0) is 26.6. The lowest BCUT2D eigenvalue weighted by molar-refractivity contribution is -0.140. The number of amides is 2. The maximum Gasteiger partial charge on any atom is 0.420 e. The van der Waals surface area contributed by atoms with Crippen molar-refractivity contribution in [2.24, 2.45) is 0 Å². The average molecular weight is 522 g/mol. The van der Waals surface area contributed by atoms with E-state index in [2.05, 4.69) is 5.32 Å². The first-order chi connectivity index (χ1) is 16.8. The highest BCUT2D eigenvalue weighted by molar-refractivity contribution is 7.81. The monoisotopic (exact) mass is 522 g/mol. The second kappa shape index (κ2) is 8.63. The summed E-state index contributed by atoms with van der Waals surface area (Å²) >= 11 is 5.43. The lowest BCUT2D eigenvalue weighted by atomic mass is 10.0. The highest BCUT2D eigenvalue weighted by Gasteiger charge is 2.52. The van der Waals surface area contributed by atoms with Gasteiger partial charge in [0, 0.05) is 18.8 Å². The minimum atomic E-state index is -5.17. The van der Waals surface area contributed by atoms with E-state index in [1.54, 1.807) is 0 Å². The molecule has 2 aromatic carbocycles. The second-order valence-electron chi connectivity index (χ2n) is 8.41. The number of carbonyl (C=O) groups is 2. The van der Waals surface area contributed by atoms with Crippen LogP contribution < -0.4 is 24.6 Å². The number of benzene rings is 2. The van der Waals surface area contributed by atoms with Crippen molar-refractivity contribution in [1.82, 2.24) is 5.32 Å². The smallest absolute Gasteiger partial charge is 0.420 e. The van der Waals surface area contributed by atoms with E-state index in [0.29, 0.717) is 10.6 Å². The number of nitriles is 1. The Hall–Kier alpha value is -3.92. The fraction of sp³-hybridized carbons (Fsp3) is 0.304. The molecule has 8 nitrogen and oxygen atoms in total. The first kappa shape index (κ1) is 25.2. The summed E-state index contributed by atoms with van der Waals surface area (Å²) in [6.07, 6.45) is -6.04. The standard InChI is InChI=1S/C23H18F4N4O4S/c1-22(2)20(33)30(13-6-4-11(9-28)17(18(13)24)23(25,26)27)21(36)31(22)12-5-7-14-15(8-12)34-10-16(35-14)19(32)29-3/h4-8,16H,10H2,1-3H3,(H,29,32)/t16-/m1/s1. The number of fused-ring (bicyclic) bond motifs is 1. The summed E-state index contributed by atoms with van der Waals surface area (Å²) in [6, 6.07) is 7.54. The van der Waals surface area contributed by atoms with E-state index in [0.717, 1.165) is 12.1 Å². The van der Waals surface area contributed by atoms with Gasteiger partial charge in [0.15, 0.2) is 22.4 Å². The Bertz CT molecular complexity index is 1340. The van der Waals surface area contributed by atoms with Crippen LogP contribution in [0.2, 0.25) is 0 Å². The molecule has 2 aliphatic heterocycles. The zero-order valence-electron chi connectivity index (χ0n) is 19.1. The number of likely N-dealkylation sites (N-methyl/N-ethyl adjacent to an activating group) is 1. The molecule has 13 heteroatoms. The van der Waals surface area contributed by atoms with Crippen LogP contribution in [-0.2, 0) is 15.8 Å². The molecule has 2 amide bonds. The van der Waals surface area contributed by atoms with E-state index >= 15 is 4.39 Å². The summed E-state index contributed by atoms with van der Waals surface area (Å²) in [6.45, 7) is 2.88.